The van der Waals surface area contributed by atoms with Crippen molar-refractivity contribution in [3.63, 3.8) is 0 Å². The van der Waals surface area contributed by atoms with E-state index in [1.165, 1.54) is 0 Å². The van der Waals surface area contributed by atoms with Crippen LogP contribution in [0.4, 0.5) is 5.82 Å². The largest absolute Gasteiger partial charge is 0.353 e. The van der Waals surface area contributed by atoms with Crippen molar-refractivity contribution < 1.29 is 0 Å². The maximum absolute atomic E-state index is 5.57. The number of nitrogens with zero attached hydrogens (tertiary/aromatic N) is 4. The summed E-state index contributed by atoms with van der Waals surface area (Å²) in [6, 6.07) is 18.3. The van der Waals surface area contributed by atoms with Crippen molar-refractivity contribution in [2.75, 3.05) is 31.1 Å². The second-order valence-electron chi connectivity index (χ2n) is 6.89. The minimum Gasteiger partial charge on any atom is -0.353 e. The molecule has 1 aromatic carbocycles. The number of para-hydroxylation sites is 1. The Kier molecular flexibility index (Phi) is 5.64. The SMILES string of the molecule is CC(NNC(=S)N1CCN(c2ccccn2)CC1)c1ccc2ccccc2n1. The van der Waals surface area contributed by atoms with Crippen LogP contribution < -0.4 is 15.8 Å². The van der Waals surface area contributed by atoms with E-state index in [-0.39, 0.29) is 6.04 Å². The van der Waals surface area contributed by atoms with E-state index in [0.717, 1.165) is 48.6 Å². The fourth-order valence-electron chi connectivity index (χ4n) is 3.33. The van der Waals surface area contributed by atoms with Crippen LogP contribution in [0.5, 0.6) is 0 Å². The van der Waals surface area contributed by atoms with Gasteiger partial charge in [0.15, 0.2) is 5.11 Å². The number of benzene rings is 1. The highest BCUT2D eigenvalue weighted by Gasteiger charge is 2.20. The van der Waals surface area contributed by atoms with Gasteiger partial charge >= 0.3 is 0 Å². The fraction of sp³-hybridized carbons (Fsp3) is 0.286. The number of aromatic nitrogens is 2. The number of hydrogen-bond acceptors (Lipinski definition) is 5. The average Bonchev–Trinajstić information content (AvgIpc) is 2.77. The van der Waals surface area contributed by atoms with E-state index in [0.29, 0.717) is 5.11 Å². The maximum Gasteiger partial charge on any atom is 0.183 e. The van der Waals surface area contributed by atoms with Gasteiger partial charge in [-0.25, -0.2) is 10.4 Å². The number of thiocarbonyl (C=S) groups is 1. The minimum atomic E-state index is 0.0392. The van der Waals surface area contributed by atoms with Gasteiger partial charge in [0.1, 0.15) is 5.82 Å². The highest BCUT2D eigenvalue weighted by Crippen LogP contribution is 2.16. The summed E-state index contributed by atoms with van der Waals surface area (Å²) in [5.41, 5.74) is 8.45. The third-order valence-corrected chi connectivity index (χ3v) is 5.36. The normalized spacial score (nSPS) is 15.5. The molecule has 1 fully saturated rings. The molecule has 0 aliphatic carbocycles. The summed E-state index contributed by atoms with van der Waals surface area (Å²) in [4.78, 5) is 13.6. The van der Waals surface area contributed by atoms with Gasteiger partial charge < -0.3 is 9.80 Å². The molecule has 2 N–H and O–H groups in total. The highest BCUT2D eigenvalue weighted by atomic mass is 32.1. The van der Waals surface area contributed by atoms with Crippen molar-refractivity contribution in [3.8, 4) is 0 Å². The monoisotopic (exact) mass is 392 g/mol. The summed E-state index contributed by atoms with van der Waals surface area (Å²) in [5, 5.41) is 1.86. The van der Waals surface area contributed by atoms with E-state index >= 15 is 0 Å². The lowest BCUT2D eigenvalue weighted by molar-refractivity contribution is 0.367. The number of fused-ring (bicyclic) bond motifs is 1. The van der Waals surface area contributed by atoms with Crippen molar-refractivity contribution in [3.05, 3.63) is 66.5 Å². The lowest BCUT2D eigenvalue weighted by Gasteiger charge is -2.37. The summed E-state index contributed by atoms with van der Waals surface area (Å²) in [6.45, 7) is 5.62. The van der Waals surface area contributed by atoms with Crippen molar-refractivity contribution in [1.29, 1.82) is 0 Å². The molecular weight excluding hydrogens is 368 g/mol. The van der Waals surface area contributed by atoms with E-state index < -0.39 is 0 Å². The van der Waals surface area contributed by atoms with Crippen molar-refractivity contribution in [2.45, 2.75) is 13.0 Å². The van der Waals surface area contributed by atoms with E-state index in [4.69, 9.17) is 17.2 Å². The van der Waals surface area contributed by atoms with Crippen molar-refractivity contribution in [2.24, 2.45) is 0 Å². The van der Waals surface area contributed by atoms with Crippen LogP contribution in [0.3, 0.4) is 0 Å². The summed E-state index contributed by atoms with van der Waals surface area (Å²) in [7, 11) is 0. The first kappa shape index (κ1) is 18.6. The van der Waals surface area contributed by atoms with Crippen molar-refractivity contribution >= 4 is 34.1 Å². The zero-order chi connectivity index (χ0) is 19.3. The zero-order valence-corrected chi connectivity index (χ0v) is 16.7. The van der Waals surface area contributed by atoms with Crippen LogP contribution in [-0.4, -0.2) is 46.2 Å². The molecule has 0 bridgehead atoms. The van der Waals surface area contributed by atoms with Crippen LogP contribution in [0.1, 0.15) is 18.7 Å². The Bertz CT molecular complexity index is 940. The molecule has 0 spiro atoms. The van der Waals surface area contributed by atoms with Gasteiger partial charge in [-0.2, -0.15) is 0 Å². The van der Waals surface area contributed by atoms with Crippen LogP contribution in [0.15, 0.2) is 60.8 Å². The van der Waals surface area contributed by atoms with Gasteiger partial charge in [0.05, 0.1) is 17.3 Å². The molecule has 144 valence electrons. The molecular formula is C21H24N6S. The van der Waals surface area contributed by atoms with E-state index in [1.807, 2.05) is 42.6 Å². The number of nitrogens with one attached hydrogen (secondary N) is 2. The molecule has 1 atom stereocenters. The van der Waals surface area contributed by atoms with Gasteiger partial charge in [-0.3, -0.25) is 10.4 Å². The molecule has 7 heteroatoms. The second-order valence-corrected chi connectivity index (χ2v) is 7.27. The summed E-state index contributed by atoms with van der Waals surface area (Å²) >= 11 is 5.57. The van der Waals surface area contributed by atoms with E-state index in [2.05, 4.69) is 50.8 Å². The third-order valence-electron chi connectivity index (χ3n) is 5.00. The number of piperazine rings is 1. The Morgan fingerprint density at radius 3 is 2.57 bits per heavy atom. The van der Waals surface area contributed by atoms with Crippen LogP contribution in [-0.2, 0) is 0 Å². The number of hydrazine groups is 1. The fourth-order valence-corrected chi connectivity index (χ4v) is 3.57. The number of pyridine rings is 2. The number of hydrogen-bond donors (Lipinski definition) is 2. The molecule has 1 saturated heterocycles. The molecule has 0 amide bonds. The molecule has 1 aliphatic heterocycles. The van der Waals surface area contributed by atoms with Gasteiger partial charge in [0.25, 0.3) is 0 Å². The third kappa shape index (κ3) is 4.21. The van der Waals surface area contributed by atoms with Gasteiger partial charge in [-0.05, 0) is 43.4 Å². The first-order valence-electron chi connectivity index (χ1n) is 9.53. The number of anilines is 1. The van der Waals surface area contributed by atoms with Gasteiger partial charge in [-0.1, -0.05) is 30.3 Å². The summed E-state index contributed by atoms with van der Waals surface area (Å²) in [6.07, 6.45) is 1.83. The lowest BCUT2D eigenvalue weighted by Crippen LogP contribution is -2.54. The lowest BCUT2D eigenvalue weighted by atomic mass is 10.1. The van der Waals surface area contributed by atoms with Crippen LogP contribution in [0, 0.1) is 0 Å². The van der Waals surface area contributed by atoms with Gasteiger partial charge in [0, 0.05) is 37.8 Å². The Morgan fingerprint density at radius 1 is 1.00 bits per heavy atom. The molecule has 2 aromatic heterocycles. The molecule has 0 radical (unpaired) electrons. The van der Waals surface area contributed by atoms with Crippen LogP contribution >= 0.6 is 12.2 Å². The van der Waals surface area contributed by atoms with E-state index in [1.54, 1.807) is 0 Å². The molecule has 0 saturated carbocycles. The Balaban J connectivity index is 1.29. The Morgan fingerprint density at radius 2 is 1.79 bits per heavy atom. The van der Waals surface area contributed by atoms with Gasteiger partial charge in [0.2, 0.25) is 0 Å². The molecule has 3 heterocycles. The summed E-state index contributed by atoms with van der Waals surface area (Å²) in [5.74, 6) is 1.02. The van der Waals surface area contributed by atoms with Crippen LogP contribution in [0.25, 0.3) is 10.9 Å². The Labute approximate surface area is 170 Å². The van der Waals surface area contributed by atoms with Crippen molar-refractivity contribution in [1.82, 2.24) is 25.7 Å². The molecule has 3 aromatic rings. The molecule has 4 rings (SSSR count). The zero-order valence-electron chi connectivity index (χ0n) is 15.9. The van der Waals surface area contributed by atoms with E-state index in [9.17, 15) is 0 Å². The second kappa shape index (κ2) is 8.50. The predicted octanol–water partition coefficient (Wildman–Crippen LogP) is 2.89. The predicted molar refractivity (Wildman–Crippen MR) is 117 cm³/mol. The number of rotatable bonds is 4. The molecule has 28 heavy (non-hydrogen) atoms. The van der Waals surface area contributed by atoms with Gasteiger partial charge in [-0.15, -0.1) is 0 Å². The maximum atomic E-state index is 5.57. The highest BCUT2D eigenvalue weighted by molar-refractivity contribution is 7.80. The van der Waals surface area contributed by atoms with Crippen LogP contribution in [0.2, 0.25) is 0 Å². The first-order chi connectivity index (χ1) is 13.7. The Hall–Kier alpha value is -2.77. The minimum absolute atomic E-state index is 0.0392. The summed E-state index contributed by atoms with van der Waals surface area (Å²) < 4.78 is 0. The smallest absolute Gasteiger partial charge is 0.183 e. The quantitative estimate of drug-likeness (QED) is 0.523. The molecule has 1 unspecified atom stereocenters. The standard InChI is InChI=1S/C21H24N6S/c1-16(18-10-9-17-6-2-3-7-19(17)23-18)24-25-21(28)27-14-12-26(13-15-27)20-8-4-5-11-22-20/h2-11,16,24H,12-15H2,1H3,(H,25,28). The average molecular weight is 393 g/mol. The molecule has 6 nitrogen and oxygen atoms in total. The topological polar surface area (TPSA) is 56.3 Å². The molecule has 1 aliphatic rings. The first-order valence-corrected chi connectivity index (χ1v) is 9.93.